The number of anilines is 2. The highest BCUT2D eigenvalue weighted by molar-refractivity contribution is 7.92. The summed E-state index contributed by atoms with van der Waals surface area (Å²) in [6, 6.07) is 13.2. The molecule has 2 aromatic rings. The number of hydrogen-bond acceptors (Lipinski definition) is 6. The van der Waals surface area contributed by atoms with Gasteiger partial charge in [0.05, 0.1) is 9.73 Å². The van der Waals surface area contributed by atoms with Crippen LogP contribution in [0.2, 0.25) is 0 Å². The first-order valence-corrected chi connectivity index (χ1v) is 16.3. The lowest BCUT2D eigenvalue weighted by molar-refractivity contribution is 0.0240. The Morgan fingerprint density at radius 1 is 0.950 bits per heavy atom. The highest BCUT2D eigenvalue weighted by Gasteiger charge is 2.29. The minimum absolute atomic E-state index is 0.0664. The number of rotatable bonds is 9. The molecule has 1 atom stereocenters. The number of carbonyl (C=O) groups excluding carboxylic acids is 2. The summed E-state index contributed by atoms with van der Waals surface area (Å²) in [4.78, 5) is 32.3. The maximum Gasteiger partial charge on any atom is 0.410 e. The first kappa shape index (κ1) is 29.9. The number of piperazine rings is 1. The zero-order valence-corrected chi connectivity index (χ0v) is 25.2. The fourth-order valence-corrected chi connectivity index (χ4v) is 6.75. The molecular weight excluding hydrogens is 524 g/mol. The molecule has 1 fully saturated rings. The van der Waals surface area contributed by atoms with Crippen molar-refractivity contribution >= 4 is 33.1 Å². The molecular formula is C31H44N4O4S. The van der Waals surface area contributed by atoms with Crippen LogP contribution in [0, 0.1) is 4.78 Å². The Bertz CT molecular complexity index is 1310. The Morgan fingerprint density at radius 2 is 1.68 bits per heavy atom. The molecule has 9 heteroatoms. The number of unbranched alkanes of at least 4 members (excludes halogenated alkanes) is 4. The average Bonchev–Trinajstić information content (AvgIpc) is 3.35. The van der Waals surface area contributed by atoms with Crippen LogP contribution in [0.4, 0.5) is 16.2 Å². The van der Waals surface area contributed by atoms with E-state index in [1.165, 1.54) is 6.42 Å². The summed E-state index contributed by atoms with van der Waals surface area (Å²) in [5.41, 5.74) is 2.86. The number of nitrogens with one attached hydrogen (secondary N) is 1. The zero-order valence-electron chi connectivity index (χ0n) is 24.4. The van der Waals surface area contributed by atoms with E-state index < -0.39 is 15.3 Å². The normalized spacial score (nSPS) is 16.9. The van der Waals surface area contributed by atoms with Crippen LogP contribution in [0.25, 0.3) is 0 Å². The SMILES string of the molecule is CCCCCCCS(=N)(=O)c1ccc2c(c1)CCN2C(=O)c1cccc(N2CCN(C(=O)OC(C)(C)C)CC2)c1. The molecule has 218 valence electrons. The van der Waals surface area contributed by atoms with Gasteiger partial charge >= 0.3 is 6.09 Å². The molecule has 0 radical (unpaired) electrons. The van der Waals surface area contributed by atoms with Gasteiger partial charge in [-0.15, -0.1) is 0 Å². The van der Waals surface area contributed by atoms with E-state index in [1.807, 2.05) is 57.2 Å². The van der Waals surface area contributed by atoms with Gasteiger partial charge in [0.1, 0.15) is 5.60 Å². The summed E-state index contributed by atoms with van der Waals surface area (Å²) in [6.45, 7) is 10.8. The van der Waals surface area contributed by atoms with Crippen molar-refractivity contribution in [1.82, 2.24) is 4.90 Å². The van der Waals surface area contributed by atoms with E-state index in [-0.39, 0.29) is 12.0 Å². The molecule has 2 aliphatic rings. The summed E-state index contributed by atoms with van der Waals surface area (Å²) in [5, 5.41) is 0. The molecule has 2 aliphatic heterocycles. The third-order valence-electron chi connectivity index (χ3n) is 7.50. The van der Waals surface area contributed by atoms with Crippen LogP contribution < -0.4 is 9.80 Å². The lowest BCUT2D eigenvalue weighted by Crippen LogP contribution is -2.50. The molecule has 0 aromatic heterocycles. The monoisotopic (exact) mass is 568 g/mol. The molecule has 4 rings (SSSR count). The molecule has 0 spiro atoms. The lowest BCUT2D eigenvalue weighted by atomic mass is 10.1. The molecule has 1 N–H and O–H groups in total. The van der Waals surface area contributed by atoms with Crippen molar-refractivity contribution in [2.24, 2.45) is 0 Å². The van der Waals surface area contributed by atoms with E-state index in [2.05, 4.69) is 11.8 Å². The topological polar surface area (TPSA) is 94.0 Å². The van der Waals surface area contributed by atoms with E-state index in [9.17, 15) is 13.8 Å². The van der Waals surface area contributed by atoms with Gasteiger partial charge in [0.25, 0.3) is 5.91 Å². The van der Waals surface area contributed by atoms with Crippen molar-refractivity contribution in [2.45, 2.75) is 76.7 Å². The van der Waals surface area contributed by atoms with E-state index in [4.69, 9.17) is 9.52 Å². The largest absolute Gasteiger partial charge is 0.444 e. The van der Waals surface area contributed by atoms with Gasteiger partial charge in [-0.25, -0.2) is 13.8 Å². The predicted octanol–water partition coefficient (Wildman–Crippen LogP) is 6.32. The molecule has 0 aliphatic carbocycles. The number of nitrogens with zero attached hydrogens (tertiary/aromatic N) is 3. The van der Waals surface area contributed by atoms with Gasteiger partial charge < -0.3 is 19.4 Å². The first-order chi connectivity index (χ1) is 19.0. The average molecular weight is 569 g/mol. The minimum atomic E-state index is -2.84. The van der Waals surface area contributed by atoms with Crippen molar-refractivity contribution in [3.8, 4) is 0 Å². The van der Waals surface area contributed by atoms with Crippen LogP contribution in [-0.4, -0.2) is 65.2 Å². The lowest BCUT2D eigenvalue weighted by Gasteiger charge is -2.36. The molecule has 8 nitrogen and oxygen atoms in total. The molecule has 0 saturated carbocycles. The summed E-state index contributed by atoms with van der Waals surface area (Å²) < 4.78 is 27.1. The summed E-state index contributed by atoms with van der Waals surface area (Å²) in [6.07, 6.45) is 5.67. The number of carbonyl (C=O) groups is 2. The van der Waals surface area contributed by atoms with Gasteiger partial charge in [-0.1, -0.05) is 38.7 Å². The van der Waals surface area contributed by atoms with Crippen LogP contribution in [0.5, 0.6) is 0 Å². The van der Waals surface area contributed by atoms with Crippen LogP contribution >= 0.6 is 0 Å². The van der Waals surface area contributed by atoms with Crippen LogP contribution in [-0.2, 0) is 20.9 Å². The molecule has 2 aromatic carbocycles. The third kappa shape index (κ3) is 7.36. The van der Waals surface area contributed by atoms with Crippen molar-refractivity contribution in [3.05, 3.63) is 53.6 Å². The Kier molecular flexibility index (Phi) is 9.44. The molecule has 0 bridgehead atoms. The smallest absolute Gasteiger partial charge is 0.410 e. The highest BCUT2D eigenvalue weighted by atomic mass is 32.2. The summed E-state index contributed by atoms with van der Waals surface area (Å²) >= 11 is 0. The summed E-state index contributed by atoms with van der Waals surface area (Å²) in [7, 11) is -2.84. The Balaban J connectivity index is 1.39. The quantitative estimate of drug-likeness (QED) is 0.357. The molecule has 1 unspecified atom stereocenters. The maximum absolute atomic E-state index is 13.6. The second-order valence-electron chi connectivity index (χ2n) is 11.8. The minimum Gasteiger partial charge on any atom is -0.444 e. The van der Waals surface area contributed by atoms with Crippen LogP contribution in [0.15, 0.2) is 47.4 Å². The number of ether oxygens (including phenoxy) is 1. The van der Waals surface area contributed by atoms with Gasteiger partial charge in [0.15, 0.2) is 0 Å². The Hall–Kier alpha value is -3.07. The van der Waals surface area contributed by atoms with Crippen molar-refractivity contribution in [2.75, 3.05) is 48.3 Å². The number of hydrogen-bond donors (Lipinski definition) is 1. The summed E-state index contributed by atoms with van der Waals surface area (Å²) in [5.74, 6) is 0.319. The standard InChI is InChI=1S/C31H44N4O4S/c1-5-6-7-8-9-21-40(32,38)27-13-14-28-24(23-27)15-16-35(28)29(36)25-11-10-12-26(22-25)33-17-19-34(20-18-33)30(37)39-31(2,3)4/h10-14,22-23,32H,5-9,15-21H2,1-4H3. The second-order valence-corrected chi connectivity index (χ2v) is 14.0. The van der Waals surface area contributed by atoms with Gasteiger partial charge in [0.2, 0.25) is 0 Å². The van der Waals surface area contributed by atoms with Gasteiger partial charge in [-0.05, 0) is 75.6 Å². The fourth-order valence-electron chi connectivity index (χ4n) is 5.29. The van der Waals surface area contributed by atoms with E-state index >= 15 is 0 Å². The molecule has 40 heavy (non-hydrogen) atoms. The van der Waals surface area contributed by atoms with Gasteiger partial charge in [-0.3, -0.25) is 4.79 Å². The Morgan fingerprint density at radius 3 is 2.38 bits per heavy atom. The fraction of sp³-hybridized carbons (Fsp3) is 0.548. The van der Waals surface area contributed by atoms with E-state index in [0.29, 0.717) is 55.4 Å². The van der Waals surface area contributed by atoms with Crippen LogP contribution in [0.3, 0.4) is 0 Å². The molecule has 2 heterocycles. The first-order valence-electron chi connectivity index (χ1n) is 14.5. The molecule has 2 amide bonds. The van der Waals surface area contributed by atoms with E-state index in [1.54, 1.807) is 15.9 Å². The zero-order chi connectivity index (χ0) is 28.9. The predicted molar refractivity (Wildman–Crippen MR) is 161 cm³/mol. The van der Waals surface area contributed by atoms with E-state index in [0.717, 1.165) is 42.6 Å². The van der Waals surface area contributed by atoms with Crippen molar-refractivity contribution in [1.29, 1.82) is 4.78 Å². The molecule has 1 saturated heterocycles. The number of benzene rings is 2. The maximum atomic E-state index is 13.6. The second kappa shape index (κ2) is 12.6. The third-order valence-corrected chi connectivity index (χ3v) is 9.38. The van der Waals surface area contributed by atoms with Gasteiger partial charge in [0, 0.05) is 60.3 Å². The van der Waals surface area contributed by atoms with Gasteiger partial charge in [-0.2, -0.15) is 0 Å². The highest BCUT2D eigenvalue weighted by Crippen LogP contribution is 2.32. The Labute approximate surface area is 239 Å². The van der Waals surface area contributed by atoms with Crippen molar-refractivity contribution in [3.63, 3.8) is 0 Å². The number of fused-ring (bicyclic) bond motifs is 1. The van der Waals surface area contributed by atoms with Crippen LogP contribution in [0.1, 0.15) is 75.7 Å². The van der Waals surface area contributed by atoms with Crippen molar-refractivity contribution < 1.29 is 18.5 Å². The number of amides is 2.